The van der Waals surface area contributed by atoms with Gasteiger partial charge in [0, 0.05) is 31.7 Å². The molecular weight excluding hydrogens is 309 g/mol. The number of nitrogens with zero attached hydrogens (tertiary/aromatic N) is 2. The number of ether oxygens (including phenoxy) is 1. The highest BCUT2D eigenvalue weighted by Gasteiger charge is 2.37. The van der Waals surface area contributed by atoms with E-state index in [4.69, 9.17) is 4.74 Å². The second-order valence-corrected chi connectivity index (χ2v) is 6.12. The van der Waals surface area contributed by atoms with Crippen LogP contribution < -0.4 is 5.32 Å². The molecule has 3 rings (SSSR count). The minimum atomic E-state index is -0.434. The molecule has 0 spiro atoms. The Hall–Kier alpha value is -2.21. The van der Waals surface area contributed by atoms with Gasteiger partial charge in [-0.2, -0.15) is 0 Å². The highest BCUT2D eigenvalue weighted by atomic mass is 19.1. The first-order valence-corrected chi connectivity index (χ1v) is 8.27. The van der Waals surface area contributed by atoms with E-state index < -0.39 is 5.41 Å². The van der Waals surface area contributed by atoms with Crippen molar-refractivity contribution in [2.75, 3.05) is 19.8 Å². The third-order valence-corrected chi connectivity index (χ3v) is 4.77. The summed E-state index contributed by atoms with van der Waals surface area (Å²) in [6.45, 7) is 4.14. The normalized spacial score (nSPS) is 16.8. The Balaban J connectivity index is 1.81. The zero-order valence-corrected chi connectivity index (χ0v) is 13.8. The predicted molar refractivity (Wildman–Crippen MR) is 88.4 cm³/mol. The zero-order chi connectivity index (χ0) is 17.0. The number of imidazole rings is 1. The summed E-state index contributed by atoms with van der Waals surface area (Å²) < 4.78 is 21.6. The van der Waals surface area contributed by atoms with Gasteiger partial charge in [-0.1, -0.05) is 18.2 Å². The zero-order valence-electron chi connectivity index (χ0n) is 13.8. The van der Waals surface area contributed by atoms with Gasteiger partial charge in [0.25, 0.3) is 5.91 Å². The van der Waals surface area contributed by atoms with Crippen molar-refractivity contribution in [3.8, 4) is 0 Å². The molecule has 0 unspecified atom stereocenters. The number of carbonyl (C=O) groups excluding carboxylic acids is 1. The van der Waals surface area contributed by atoms with Crippen LogP contribution in [0, 0.1) is 5.82 Å². The molecule has 24 heavy (non-hydrogen) atoms. The van der Waals surface area contributed by atoms with Crippen LogP contribution in [0.15, 0.2) is 36.8 Å². The van der Waals surface area contributed by atoms with Crippen LogP contribution in [0.25, 0.3) is 0 Å². The third kappa shape index (κ3) is 3.19. The molecule has 2 aromatic rings. The molecule has 2 heterocycles. The van der Waals surface area contributed by atoms with E-state index in [1.165, 1.54) is 6.07 Å². The quantitative estimate of drug-likeness (QED) is 0.916. The van der Waals surface area contributed by atoms with Crippen molar-refractivity contribution < 1.29 is 13.9 Å². The summed E-state index contributed by atoms with van der Waals surface area (Å²) in [7, 11) is 0. The lowest BCUT2D eigenvalue weighted by Crippen LogP contribution is -2.45. The first-order valence-electron chi connectivity index (χ1n) is 8.27. The first kappa shape index (κ1) is 16.6. The molecule has 1 amide bonds. The van der Waals surface area contributed by atoms with E-state index in [1.54, 1.807) is 23.2 Å². The summed E-state index contributed by atoms with van der Waals surface area (Å²) >= 11 is 0. The first-order chi connectivity index (χ1) is 11.7. The Bertz CT molecular complexity index is 708. The monoisotopic (exact) mass is 331 g/mol. The highest BCUT2D eigenvalue weighted by Crippen LogP contribution is 2.35. The highest BCUT2D eigenvalue weighted by molar-refractivity contribution is 5.92. The maximum absolute atomic E-state index is 14.4. The lowest BCUT2D eigenvalue weighted by atomic mass is 9.74. The average Bonchev–Trinajstić information content (AvgIpc) is 3.10. The van der Waals surface area contributed by atoms with Crippen molar-refractivity contribution in [1.82, 2.24) is 14.9 Å². The summed E-state index contributed by atoms with van der Waals surface area (Å²) in [5, 5.41) is 2.97. The van der Waals surface area contributed by atoms with Crippen LogP contribution in [0.4, 0.5) is 4.39 Å². The van der Waals surface area contributed by atoms with Gasteiger partial charge < -0.3 is 14.6 Å². The van der Waals surface area contributed by atoms with E-state index in [2.05, 4.69) is 10.3 Å². The third-order valence-electron chi connectivity index (χ3n) is 4.77. The van der Waals surface area contributed by atoms with Gasteiger partial charge >= 0.3 is 0 Å². The molecule has 0 bridgehead atoms. The van der Waals surface area contributed by atoms with Crippen LogP contribution in [-0.2, 0) is 16.7 Å². The minimum Gasteiger partial charge on any atom is -0.381 e. The van der Waals surface area contributed by atoms with E-state index in [0.29, 0.717) is 50.4 Å². The Morgan fingerprint density at radius 2 is 2.12 bits per heavy atom. The largest absolute Gasteiger partial charge is 0.381 e. The van der Waals surface area contributed by atoms with Gasteiger partial charge in [0.15, 0.2) is 0 Å². The fourth-order valence-corrected chi connectivity index (χ4v) is 3.30. The van der Waals surface area contributed by atoms with E-state index in [0.717, 1.165) is 0 Å². The number of aryl methyl sites for hydroxylation is 1. The van der Waals surface area contributed by atoms with E-state index in [9.17, 15) is 9.18 Å². The molecule has 1 aromatic heterocycles. The number of hydrogen-bond acceptors (Lipinski definition) is 3. The summed E-state index contributed by atoms with van der Waals surface area (Å²) in [6, 6.07) is 6.80. The molecule has 1 fully saturated rings. The van der Waals surface area contributed by atoms with Gasteiger partial charge in [0.2, 0.25) is 0 Å². The minimum absolute atomic E-state index is 0.184. The van der Waals surface area contributed by atoms with E-state index >= 15 is 0 Å². The second-order valence-electron chi connectivity index (χ2n) is 6.12. The molecule has 128 valence electrons. The molecule has 0 radical (unpaired) electrons. The van der Waals surface area contributed by atoms with Gasteiger partial charge in [0.1, 0.15) is 11.5 Å². The molecule has 1 aliphatic rings. The number of amides is 1. The molecule has 6 heteroatoms. The van der Waals surface area contributed by atoms with Gasteiger partial charge in [-0.25, -0.2) is 9.37 Å². The molecule has 1 aromatic carbocycles. The topological polar surface area (TPSA) is 56.2 Å². The van der Waals surface area contributed by atoms with Gasteiger partial charge in [-0.15, -0.1) is 0 Å². The van der Waals surface area contributed by atoms with Crippen molar-refractivity contribution >= 4 is 5.91 Å². The molecule has 1 aliphatic heterocycles. The Kier molecular flexibility index (Phi) is 4.94. The van der Waals surface area contributed by atoms with Gasteiger partial charge in [0.05, 0.1) is 12.5 Å². The second kappa shape index (κ2) is 7.13. The molecule has 0 saturated carbocycles. The van der Waals surface area contributed by atoms with Crippen molar-refractivity contribution in [2.45, 2.75) is 31.7 Å². The van der Waals surface area contributed by atoms with Gasteiger partial charge in [-0.3, -0.25) is 4.79 Å². The van der Waals surface area contributed by atoms with Crippen LogP contribution in [0.3, 0.4) is 0 Å². The van der Waals surface area contributed by atoms with Crippen LogP contribution >= 0.6 is 0 Å². The van der Waals surface area contributed by atoms with Crippen LogP contribution in [-0.4, -0.2) is 35.2 Å². The molecule has 1 N–H and O–H groups in total. The molecular formula is C18H22FN3O2. The lowest BCUT2D eigenvalue weighted by Gasteiger charge is -2.38. The maximum Gasteiger partial charge on any atom is 0.269 e. The molecule has 0 atom stereocenters. The molecule has 1 saturated heterocycles. The summed E-state index contributed by atoms with van der Waals surface area (Å²) in [4.78, 5) is 16.5. The SMILES string of the molecule is CCn1cncc1C(=O)NCC1(c2ccccc2F)CCOCC1. The maximum atomic E-state index is 14.4. The van der Waals surface area contributed by atoms with Crippen molar-refractivity contribution in [2.24, 2.45) is 0 Å². The number of aromatic nitrogens is 2. The fourth-order valence-electron chi connectivity index (χ4n) is 3.30. The Morgan fingerprint density at radius 3 is 2.83 bits per heavy atom. The fraction of sp³-hybridized carbons (Fsp3) is 0.444. The number of benzene rings is 1. The van der Waals surface area contributed by atoms with Gasteiger partial charge in [-0.05, 0) is 31.4 Å². The Morgan fingerprint density at radius 1 is 1.38 bits per heavy atom. The number of carbonyl (C=O) groups is 1. The van der Waals surface area contributed by atoms with Crippen molar-refractivity contribution in [3.63, 3.8) is 0 Å². The van der Waals surface area contributed by atoms with E-state index in [-0.39, 0.29) is 11.7 Å². The van der Waals surface area contributed by atoms with E-state index in [1.807, 2.05) is 19.1 Å². The average molecular weight is 331 g/mol. The lowest BCUT2D eigenvalue weighted by molar-refractivity contribution is 0.0474. The van der Waals surface area contributed by atoms with Crippen molar-refractivity contribution in [1.29, 1.82) is 0 Å². The summed E-state index contributed by atoms with van der Waals surface area (Å²) in [6.07, 6.45) is 4.55. The number of nitrogens with one attached hydrogen (secondary N) is 1. The number of hydrogen-bond donors (Lipinski definition) is 1. The standard InChI is InChI=1S/C18H22FN3O2/c1-2-22-13-20-11-16(22)17(23)21-12-18(7-9-24-10-8-18)14-5-3-4-6-15(14)19/h3-6,11,13H,2,7-10,12H2,1H3,(H,21,23). The summed E-state index contributed by atoms with van der Waals surface area (Å²) in [5.74, 6) is -0.413. The van der Waals surface area contributed by atoms with Crippen LogP contribution in [0.5, 0.6) is 0 Å². The molecule has 0 aliphatic carbocycles. The van der Waals surface area contributed by atoms with Crippen LogP contribution in [0.2, 0.25) is 0 Å². The number of rotatable bonds is 5. The summed E-state index contributed by atoms with van der Waals surface area (Å²) in [5.41, 5.74) is 0.738. The smallest absolute Gasteiger partial charge is 0.269 e. The van der Waals surface area contributed by atoms with Crippen LogP contribution in [0.1, 0.15) is 35.8 Å². The number of halogens is 1. The van der Waals surface area contributed by atoms with Crippen molar-refractivity contribution in [3.05, 3.63) is 53.9 Å². The molecule has 5 nitrogen and oxygen atoms in total. The predicted octanol–water partition coefficient (Wildman–Crippen LogP) is 2.52. The Labute approximate surface area is 140 Å².